The first kappa shape index (κ1) is 14.2. The van der Waals surface area contributed by atoms with Gasteiger partial charge in [-0.05, 0) is 31.0 Å². The highest BCUT2D eigenvalue weighted by atomic mass is 35.5. The zero-order valence-electron chi connectivity index (χ0n) is 11.2. The summed E-state index contributed by atoms with van der Waals surface area (Å²) in [4.78, 5) is 13.3. The van der Waals surface area contributed by atoms with Gasteiger partial charge in [-0.15, -0.1) is 0 Å². The molecule has 1 saturated heterocycles. The Labute approximate surface area is 118 Å². The van der Waals surface area contributed by atoms with Gasteiger partial charge in [-0.1, -0.05) is 18.5 Å². The second-order valence-electron chi connectivity index (χ2n) is 5.41. The Balaban J connectivity index is 1.88. The normalized spacial score (nSPS) is 23.1. The van der Waals surface area contributed by atoms with E-state index < -0.39 is 0 Å². The van der Waals surface area contributed by atoms with E-state index in [9.17, 15) is 4.79 Å². The fourth-order valence-electron chi connectivity index (χ4n) is 2.61. The molecule has 104 valence electrons. The van der Waals surface area contributed by atoms with Crippen LogP contribution in [0.15, 0.2) is 18.2 Å². The Hall–Kier alpha value is -1.26. The van der Waals surface area contributed by atoms with Crippen LogP contribution in [-0.2, 0) is 4.79 Å². The number of amides is 1. The van der Waals surface area contributed by atoms with Crippen molar-refractivity contribution in [2.45, 2.75) is 19.8 Å². The molecule has 0 aliphatic carbocycles. The van der Waals surface area contributed by atoms with Crippen LogP contribution in [0.4, 0.5) is 11.4 Å². The number of nitrogen functional groups attached to an aromatic ring is 1. The van der Waals surface area contributed by atoms with Gasteiger partial charge in [-0.25, -0.2) is 0 Å². The summed E-state index contributed by atoms with van der Waals surface area (Å²) in [6.07, 6.45) is 2.48. The molecule has 2 atom stereocenters. The molecule has 4 N–H and O–H groups in total. The number of nitrogens with one attached hydrogen (secondary N) is 2. The first-order chi connectivity index (χ1) is 9.04. The summed E-state index contributed by atoms with van der Waals surface area (Å²) in [6.45, 7) is 4.93. The standard InChI is InChI=1S/C14H20ClN3O/c1-10-3-2-6-18(8-10)9-14(19)17-11-4-5-12(15)13(16)7-11/h4-5,7,10H,2-3,6,8-9,16H2,1H3,(H,17,19)/p+1/t10-/m0/s1. The fraction of sp³-hybridized carbons (Fsp3) is 0.500. The summed E-state index contributed by atoms with van der Waals surface area (Å²) >= 11 is 5.85. The number of quaternary nitrogens is 1. The number of hydrogen-bond donors (Lipinski definition) is 3. The van der Waals surface area contributed by atoms with E-state index in [1.807, 2.05) is 0 Å². The Kier molecular flexibility index (Phi) is 4.66. The molecule has 1 amide bonds. The minimum Gasteiger partial charge on any atom is -0.397 e. The van der Waals surface area contributed by atoms with Crippen LogP contribution in [0.3, 0.4) is 0 Å². The van der Waals surface area contributed by atoms with Crippen molar-refractivity contribution in [3.63, 3.8) is 0 Å². The van der Waals surface area contributed by atoms with Crippen molar-refractivity contribution in [1.82, 2.24) is 0 Å². The summed E-state index contributed by atoms with van der Waals surface area (Å²) in [5.41, 5.74) is 6.90. The maximum atomic E-state index is 12.0. The Morgan fingerprint density at radius 2 is 2.37 bits per heavy atom. The molecule has 2 rings (SSSR count). The van der Waals surface area contributed by atoms with Gasteiger partial charge >= 0.3 is 0 Å². The SMILES string of the molecule is C[C@H]1CCC[NH+](CC(=O)Nc2ccc(Cl)c(N)c2)C1. The van der Waals surface area contributed by atoms with Crippen molar-refractivity contribution in [3.8, 4) is 0 Å². The van der Waals surface area contributed by atoms with E-state index in [1.165, 1.54) is 17.7 Å². The Morgan fingerprint density at radius 3 is 3.05 bits per heavy atom. The number of piperidine rings is 1. The number of halogens is 1. The number of carbonyl (C=O) groups is 1. The third-order valence-corrected chi connectivity index (χ3v) is 3.90. The molecule has 1 aromatic rings. The Morgan fingerprint density at radius 1 is 1.58 bits per heavy atom. The molecule has 0 aromatic heterocycles. The quantitative estimate of drug-likeness (QED) is 0.729. The molecule has 4 nitrogen and oxygen atoms in total. The van der Waals surface area contributed by atoms with Crippen molar-refractivity contribution in [3.05, 3.63) is 23.2 Å². The van der Waals surface area contributed by atoms with Crippen LogP contribution in [0.1, 0.15) is 19.8 Å². The van der Waals surface area contributed by atoms with E-state index in [0.717, 1.165) is 13.1 Å². The van der Waals surface area contributed by atoms with Crippen LogP contribution >= 0.6 is 11.6 Å². The van der Waals surface area contributed by atoms with Crippen LogP contribution < -0.4 is 16.0 Å². The topological polar surface area (TPSA) is 59.6 Å². The smallest absolute Gasteiger partial charge is 0.279 e. The van der Waals surface area contributed by atoms with Gasteiger partial charge in [0.25, 0.3) is 5.91 Å². The summed E-state index contributed by atoms with van der Waals surface area (Å²) in [6, 6.07) is 5.15. The molecule has 0 bridgehead atoms. The van der Waals surface area contributed by atoms with Crippen molar-refractivity contribution in [2.75, 3.05) is 30.7 Å². The summed E-state index contributed by atoms with van der Waals surface area (Å²) in [5.74, 6) is 0.744. The molecule has 0 saturated carbocycles. The molecule has 0 spiro atoms. The van der Waals surface area contributed by atoms with Gasteiger partial charge in [-0.2, -0.15) is 0 Å². The third kappa shape index (κ3) is 4.11. The number of nitrogens with two attached hydrogens (primary N) is 1. The fourth-order valence-corrected chi connectivity index (χ4v) is 2.73. The monoisotopic (exact) mass is 282 g/mol. The number of carbonyl (C=O) groups excluding carboxylic acids is 1. The zero-order valence-corrected chi connectivity index (χ0v) is 12.0. The number of benzene rings is 1. The van der Waals surface area contributed by atoms with Crippen molar-refractivity contribution in [1.29, 1.82) is 0 Å². The minimum absolute atomic E-state index is 0.0332. The highest BCUT2D eigenvalue weighted by Crippen LogP contribution is 2.22. The van der Waals surface area contributed by atoms with Gasteiger partial charge in [0.2, 0.25) is 0 Å². The average molecular weight is 283 g/mol. The maximum Gasteiger partial charge on any atom is 0.279 e. The zero-order chi connectivity index (χ0) is 13.8. The number of likely N-dealkylation sites (tertiary alicyclic amines) is 1. The third-order valence-electron chi connectivity index (χ3n) is 3.55. The average Bonchev–Trinajstić information content (AvgIpc) is 2.34. The van der Waals surface area contributed by atoms with Gasteiger partial charge in [-0.3, -0.25) is 4.79 Å². The first-order valence-corrected chi connectivity index (χ1v) is 7.11. The van der Waals surface area contributed by atoms with E-state index >= 15 is 0 Å². The van der Waals surface area contributed by atoms with Gasteiger partial charge in [0, 0.05) is 11.6 Å². The molecular formula is C14H21ClN3O+. The van der Waals surface area contributed by atoms with Crippen LogP contribution in [0.5, 0.6) is 0 Å². The van der Waals surface area contributed by atoms with Crippen molar-refractivity contribution < 1.29 is 9.69 Å². The van der Waals surface area contributed by atoms with Gasteiger partial charge in [0.15, 0.2) is 6.54 Å². The molecule has 0 radical (unpaired) electrons. The van der Waals surface area contributed by atoms with Crippen LogP contribution in [0.2, 0.25) is 5.02 Å². The molecule has 19 heavy (non-hydrogen) atoms. The second-order valence-corrected chi connectivity index (χ2v) is 5.82. The van der Waals surface area contributed by atoms with E-state index in [4.69, 9.17) is 17.3 Å². The van der Waals surface area contributed by atoms with E-state index in [1.54, 1.807) is 18.2 Å². The number of anilines is 2. The lowest BCUT2D eigenvalue weighted by molar-refractivity contribution is -0.900. The second kappa shape index (κ2) is 6.26. The first-order valence-electron chi connectivity index (χ1n) is 6.73. The van der Waals surface area contributed by atoms with Crippen molar-refractivity contribution >= 4 is 28.9 Å². The molecule has 1 aromatic carbocycles. The minimum atomic E-state index is 0.0332. The van der Waals surface area contributed by atoms with Gasteiger partial charge in [0.1, 0.15) is 0 Å². The predicted molar refractivity (Wildman–Crippen MR) is 78.5 cm³/mol. The van der Waals surface area contributed by atoms with Crippen LogP contribution in [-0.4, -0.2) is 25.5 Å². The molecule has 1 unspecified atom stereocenters. The van der Waals surface area contributed by atoms with Crippen molar-refractivity contribution in [2.24, 2.45) is 5.92 Å². The number of rotatable bonds is 3. The lowest BCUT2D eigenvalue weighted by atomic mass is 10.0. The van der Waals surface area contributed by atoms with Crippen LogP contribution in [0, 0.1) is 5.92 Å². The molecular weight excluding hydrogens is 262 g/mol. The van der Waals surface area contributed by atoms with E-state index in [2.05, 4.69) is 12.2 Å². The number of hydrogen-bond acceptors (Lipinski definition) is 2. The largest absolute Gasteiger partial charge is 0.397 e. The Bertz CT molecular complexity index is 464. The lowest BCUT2D eigenvalue weighted by Gasteiger charge is -2.27. The van der Waals surface area contributed by atoms with Gasteiger partial charge in [0.05, 0.1) is 23.8 Å². The highest BCUT2D eigenvalue weighted by Gasteiger charge is 2.21. The predicted octanol–water partition coefficient (Wildman–Crippen LogP) is 1.18. The molecule has 1 fully saturated rings. The lowest BCUT2D eigenvalue weighted by Crippen LogP contribution is -3.14. The maximum absolute atomic E-state index is 12.0. The highest BCUT2D eigenvalue weighted by molar-refractivity contribution is 6.33. The summed E-state index contributed by atoms with van der Waals surface area (Å²) in [7, 11) is 0. The summed E-state index contributed by atoms with van der Waals surface area (Å²) < 4.78 is 0. The molecule has 5 heteroatoms. The molecule has 1 aliphatic rings. The van der Waals surface area contributed by atoms with Crippen LogP contribution in [0.25, 0.3) is 0 Å². The van der Waals surface area contributed by atoms with E-state index in [0.29, 0.717) is 28.9 Å². The summed E-state index contributed by atoms with van der Waals surface area (Å²) in [5, 5.41) is 3.38. The van der Waals surface area contributed by atoms with E-state index in [-0.39, 0.29) is 5.91 Å². The van der Waals surface area contributed by atoms with Gasteiger partial charge < -0.3 is 16.0 Å². The molecule has 1 aliphatic heterocycles. The molecule has 1 heterocycles.